The first-order valence-electron chi connectivity index (χ1n) is 16.0. The van der Waals surface area contributed by atoms with Crippen molar-refractivity contribution in [1.82, 2.24) is 4.90 Å². The Hall–Kier alpha value is -0.540. The lowest BCUT2D eigenvalue weighted by atomic mass is 10.0. The summed E-state index contributed by atoms with van der Waals surface area (Å²) in [6, 6.07) is 0. The molecule has 0 radical (unpaired) electrons. The van der Waals surface area contributed by atoms with Crippen LogP contribution in [-0.2, 0) is 0 Å². The zero-order valence-corrected chi connectivity index (χ0v) is 24.0. The van der Waals surface area contributed by atoms with Crippen molar-refractivity contribution in [2.45, 2.75) is 167 Å². The maximum atomic E-state index is 9.00. The van der Waals surface area contributed by atoms with Gasteiger partial charge in [0, 0.05) is 13.1 Å². The number of hydrogen-bond acceptors (Lipinski definition) is 3. The van der Waals surface area contributed by atoms with E-state index in [2.05, 4.69) is 13.0 Å². The zero-order valence-electron chi connectivity index (χ0n) is 24.0. The van der Waals surface area contributed by atoms with Crippen molar-refractivity contribution < 1.29 is 10.2 Å². The molecular formula is C32H65NO2. The van der Waals surface area contributed by atoms with Crippen LogP contribution in [0.5, 0.6) is 0 Å². The van der Waals surface area contributed by atoms with E-state index in [4.69, 9.17) is 10.2 Å². The smallest absolute Gasteiger partial charge is 0.0606 e. The predicted molar refractivity (Wildman–Crippen MR) is 156 cm³/mol. The molecule has 2 N–H and O–H groups in total. The van der Waals surface area contributed by atoms with Crippen molar-refractivity contribution in [3.63, 3.8) is 0 Å². The molecule has 0 fully saturated rings. The van der Waals surface area contributed by atoms with Gasteiger partial charge in [-0.3, -0.25) is 0 Å². The van der Waals surface area contributed by atoms with Gasteiger partial charge in [-0.2, -0.15) is 0 Å². The molecule has 0 saturated carbocycles. The second-order valence-electron chi connectivity index (χ2n) is 10.8. The summed E-state index contributed by atoms with van der Waals surface area (Å²) in [5.41, 5.74) is 0. The van der Waals surface area contributed by atoms with Crippen molar-refractivity contribution in [2.24, 2.45) is 0 Å². The zero-order chi connectivity index (χ0) is 25.5. The van der Waals surface area contributed by atoms with Gasteiger partial charge in [0.1, 0.15) is 0 Å². The fourth-order valence-corrected chi connectivity index (χ4v) is 4.97. The van der Waals surface area contributed by atoms with Gasteiger partial charge in [-0.05, 0) is 19.0 Å². The lowest BCUT2D eigenvalue weighted by Gasteiger charge is -2.17. The molecule has 0 rings (SSSR count). The SMILES string of the molecule is CCCCCCCCCCCCCCCCCCCCCCCCCCC=CN(CCO)CCO. The third-order valence-corrected chi connectivity index (χ3v) is 7.31. The molecule has 0 aromatic heterocycles. The molecule has 0 aromatic carbocycles. The normalized spacial score (nSPS) is 11.6. The molecule has 0 spiro atoms. The maximum Gasteiger partial charge on any atom is 0.0606 e. The molecule has 0 aliphatic heterocycles. The van der Waals surface area contributed by atoms with E-state index < -0.39 is 0 Å². The maximum absolute atomic E-state index is 9.00. The summed E-state index contributed by atoms with van der Waals surface area (Å²) in [5.74, 6) is 0. The van der Waals surface area contributed by atoms with Crippen LogP contribution in [0.4, 0.5) is 0 Å². The first-order valence-corrected chi connectivity index (χ1v) is 16.0. The van der Waals surface area contributed by atoms with E-state index in [-0.39, 0.29) is 13.2 Å². The van der Waals surface area contributed by atoms with E-state index in [0.717, 1.165) is 6.42 Å². The predicted octanol–water partition coefficient (Wildman–Crippen LogP) is 9.56. The molecule has 0 unspecified atom stereocenters. The molecule has 0 atom stereocenters. The fraction of sp³-hybridized carbons (Fsp3) is 0.938. The van der Waals surface area contributed by atoms with Crippen molar-refractivity contribution in [3.8, 4) is 0 Å². The van der Waals surface area contributed by atoms with Gasteiger partial charge in [0.15, 0.2) is 0 Å². The number of aliphatic hydroxyl groups is 2. The third-order valence-electron chi connectivity index (χ3n) is 7.31. The Balaban J connectivity index is 3.15. The highest BCUT2D eigenvalue weighted by atomic mass is 16.3. The Morgan fingerprint density at radius 2 is 0.714 bits per heavy atom. The van der Waals surface area contributed by atoms with E-state index in [0.29, 0.717) is 13.1 Å². The number of allylic oxidation sites excluding steroid dienone is 1. The number of unbranched alkanes of at least 4 members (excludes halogenated alkanes) is 24. The van der Waals surface area contributed by atoms with E-state index in [9.17, 15) is 0 Å². The standard InChI is InChI=1S/C32H65NO2/c1-2-3-4-5-6-7-8-9-10-11-12-13-14-15-16-17-18-19-20-21-22-23-24-25-26-27-28-33(29-31-34)30-32-35/h27-28,34-35H,2-26,29-32H2,1H3. The first-order chi connectivity index (χ1) is 17.3. The summed E-state index contributed by atoms with van der Waals surface area (Å²) < 4.78 is 0. The monoisotopic (exact) mass is 496 g/mol. The highest BCUT2D eigenvalue weighted by Gasteiger charge is 1.97. The van der Waals surface area contributed by atoms with Gasteiger partial charge in [-0.25, -0.2) is 0 Å². The second kappa shape index (κ2) is 31.5. The van der Waals surface area contributed by atoms with Crippen molar-refractivity contribution in [2.75, 3.05) is 26.3 Å². The molecular weight excluding hydrogens is 430 g/mol. The van der Waals surface area contributed by atoms with Crippen LogP contribution in [0.3, 0.4) is 0 Å². The Labute approximate surface area is 221 Å². The van der Waals surface area contributed by atoms with Crippen LogP contribution in [0.1, 0.15) is 167 Å². The highest BCUT2D eigenvalue weighted by molar-refractivity contribution is 4.82. The fourth-order valence-electron chi connectivity index (χ4n) is 4.97. The minimum absolute atomic E-state index is 0.143. The molecule has 0 heterocycles. The molecule has 0 amide bonds. The van der Waals surface area contributed by atoms with Crippen LogP contribution in [-0.4, -0.2) is 41.4 Å². The lowest BCUT2D eigenvalue weighted by molar-refractivity contribution is 0.198. The summed E-state index contributed by atoms with van der Waals surface area (Å²) in [7, 11) is 0. The van der Waals surface area contributed by atoms with Gasteiger partial charge in [-0.1, -0.05) is 161 Å². The number of hydrogen-bond donors (Lipinski definition) is 2. The lowest BCUT2D eigenvalue weighted by Crippen LogP contribution is -2.24. The number of nitrogens with zero attached hydrogens (tertiary/aromatic N) is 1. The van der Waals surface area contributed by atoms with Crippen LogP contribution in [0.25, 0.3) is 0 Å². The van der Waals surface area contributed by atoms with Gasteiger partial charge >= 0.3 is 0 Å². The first kappa shape index (κ1) is 34.5. The van der Waals surface area contributed by atoms with E-state index in [1.54, 1.807) is 0 Å². The van der Waals surface area contributed by atoms with Gasteiger partial charge < -0.3 is 15.1 Å². The van der Waals surface area contributed by atoms with Gasteiger partial charge in [0.25, 0.3) is 0 Å². The summed E-state index contributed by atoms with van der Waals surface area (Å²) in [4.78, 5) is 1.99. The van der Waals surface area contributed by atoms with Crippen molar-refractivity contribution in [3.05, 3.63) is 12.3 Å². The van der Waals surface area contributed by atoms with Crippen molar-refractivity contribution in [1.29, 1.82) is 0 Å². The van der Waals surface area contributed by atoms with E-state index >= 15 is 0 Å². The molecule has 0 aromatic rings. The minimum atomic E-state index is 0.143. The van der Waals surface area contributed by atoms with Crippen LogP contribution < -0.4 is 0 Å². The minimum Gasteiger partial charge on any atom is -0.395 e. The Morgan fingerprint density at radius 1 is 0.429 bits per heavy atom. The van der Waals surface area contributed by atoms with Crippen molar-refractivity contribution >= 4 is 0 Å². The van der Waals surface area contributed by atoms with E-state index in [1.807, 2.05) is 11.1 Å². The van der Waals surface area contributed by atoms with Gasteiger partial charge in [0.05, 0.1) is 13.2 Å². The topological polar surface area (TPSA) is 43.7 Å². The van der Waals surface area contributed by atoms with Crippen LogP contribution >= 0.6 is 0 Å². The second-order valence-corrected chi connectivity index (χ2v) is 10.8. The summed E-state index contributed by atoms with van der Waals surface area (Å²) >= 11 is 0. The molecule has 0 bridgehead atoms. The van der Waals surface area contributed by atoms with E-state index in [1.165, 1.54) is 154 Å². The molecule has 0 aliphatic rings. The molecule has 3 heteroatoms. The third kappa shape index (κ3) is 29.6. The van der Waals surface area contributed by atoms with Crippen LogP contribution in [0, 0.1) is 0 Å². The summed E-state index contributed by atoms with van der Waals surface area (Å²) in [5, 5.41) is 18.0. The average Bonchev–Trinajstić information content (AvgIpc) is 2.86. The Bertz CT molecular complexity index is 393. The molecule has 0 aliphatic carbocycles. The number of aliphatic hydroxyl groups excluding tert-OH is 2. The van der Waals surface area contributed by atoms with Gasteiger partial charge in [0.2, 0.25) is 0 Å². The molecule has 35 heavy (non-hydrogen) atoms. The van der Waals surface area contributed by atoms with Gasteiger partial charge in [-0.15, -0.1) is 0 Å². The Morgan fingerprint density at radius 3 is 1.00 bits per heavy atom. The highest BCUT2D eigenvalue weighted by Crippen LogP contribution is 2.15. The molecule has 3 nitrogen and oxygen atoms in total. The average molecular weight is 496 g/mol. The number of rotatable bonds is 30. The molecule has 0 saturated heterocycles. The quantitative estimate of drug-likeness (QED) is 0.0975. The largest absolute Gasteiger partial charge is 0.395 e. The van der Waals surface area contributed by atoms with Crippen LogP contribution in [0.15, 0.2) is 12.3 Å². The summed E-state index contributed by atoms with van der Waals surface area (Å²) in [6.07, 6.45) is 39.7. The van der Waals surface area contributed by atoms with Crippen LogP contribution in [0.2, 0.25) is 0 Å². The molecule has 210 valence electrons. The Kier molecular flexibility index (Phi) is 31.0. The summed E-state index contributed by atoms with van der Waals surface area (Å²) in [6.45, 7) is 3.80.